The minimum atomic E-state index is -0.542. The number of hydrogen-bond donors (Lipinski definition) is 1. The van der Waals surface area contributed by atoms with Crippen LogP contribution in [0, 0.1) is 0 Å². The maximum Gasteiger partial charge on any atom is 0.260 e. The predicted octanol–water partition coefficient (Wildman–Crippen LogP) is 4.74. The van der Waals surface area contributed by atoms with Crippen LogP contribution in [0.1, 0.15) is 25.8 Å². The van der Waals surface area contributed by atoms with Gasteiger partial charge in [-0.1, -0.05) is 66.7 Å². The van der Waals surface area contributed by atoms with Crippen LogP contribution in [0.4, 0.5) is 0 Å². The monoisotopic (exact) mass is 347 g/mol. The Labute approximate surface area is 155 Å². The van der Waals surface area contributed by atoms with Crippen LogP contribution in [0.5, 0.6) is 5.75 Å². The molecule has 26 heavy (non-hydrogen) atoms. The van der Waals surface area contributed by atoms with Crippen LogP contribution in [0.15, 0.2) is 72.8 Å². The lowest BCUT2D eigenvalue weighted by atomic mass is 10.1. The minimum Gasteiger partial charge on any atom is -0.480 e. The topological polar surface area (TPSA) is 38.3 Å². The Bertz CT molecular complexity index is 855. The Morgan fingerprint density at radius 3 is 2.42 bits per heavy atom. The first-order valence-electron chi connectivity index (χ1n) is 9.12. The molecule has 134 valence electrons. The van der Waals surface area contributed by atoms with Gasteiger partial charge in [0.25, 0.3) is 5.91 Å². The SMILES string of the molecule is CC(CCc1ccccc1)NC(=O)C(C)Oc1cccc2ccccc12. The molecular weight excluding hydrogens is 322 g/mol. The summed E-state index contributed by atoms with van der Waals surface area (Å²) in [7, 11) is 0. The Kier molecular flexibility index (Phi) is 5.90. The van der Waals surface area contributed by atoms with E-state index in [1.807, 2.05) is 67.6 Å². The molecule has 3 heteroatoms. The summed E-state index contributed by atoms with van der Waals surface area (Å²) in [6.07, 6.45) is 1.30. The fourth-order valence-electron chi connectivity index (χ4n) is 3.00. The normalized spacial score (nSPS) is 13.2. The molecule has 1 N–H and O–H groups in total. The lowest BCUT2D eigenvalue weighted by Crippen LogP contribution is -2.41. The van der Waals surface area contributed by atoms with Crippen LogP contribution in [0.25, 0.3) is 10.8 Å². The third-order valence-corrected chi connectivity index (χ3v) is 4.52. The van der Waals surface area contributed by atoms with Crippen molar-refractivity contribution in [2.24, 2.45) is 0 Å². The summed E-state index contributed by atoms with van der Waals surface area (Å²) in [5.74, 6) is 0.654. The van der Waals surface area contributed by atoms with Gasteiger partial charge in [0.2, 0.25) is 0 Å². The van der Waals surface area contributed by atoms with Gasteiger partial charge in [-0.15, -0.1) is 0 Å². The molecule has 2 unspecified atom stereocenters. The maximum absolute atomic E-state index is 12.5. The highest BCUT2D eigenvalue weighted by molar-refractivity contribution is 5.89. The molecule has 0 saturated heterocycles. The summed E-state index contributed by atoms with van der Waals surface area (Å²) in [6.45, 7) is 3.83. The Hall–Kier alpha value is -2.81. The molecule has 3 aromatic carbocycles. The average Bonchev–Trinajstić information content (AvgIpc) is 2.67. The van der Waals surface area contributed by atoms with E-state index in [1.165, 1.54) is 5.56 Å². The van der Waals surface area contributed by atoms with Gasteiger partial charge in [0.05, 0.1) is 0 Å². The first kappa shape index (κ1) is 18.0. The van der Waals surface area contributed by atoms with Crippen molar-refractivity contribution in [1.29, 1.82) is 0 Å². The molecule has 0 aliphatic rings. The third-order valence-electron chi connectivity index (χ3n) is 4.52. The van der Waals surface area contributed by atoms with Gasteiger partial charge in [-0.3, -0.25) is 4.79 Å². The maximum atomic E-state index is 12.5. The number of carbonyl (C=O) groups excluding carboxylic acids is 1. The van der Waals surface area contributed by atoms with Gasteiger partial charge in [0.15, 0.2) is 6.10 Å². The molecule has 0 aliphatic heterocycles. The summed E-state index contributed by atoms with van der Waals surface area (Å²) in [5.41, 5.74) is 1.29. The summed E-state index contributed by atoms with van der Waals surface area (Å²) in [6, 6.07) is 24.3. The standard InChI is InChI=1S/C23H25NO2/c1-17(15-16-19-9-4-3-5-10-19)24-23(25)18(2)26-22-14-8-12-20-11-6-7-13-21(20)22/h3-14,17-18H,15-16H2,1-2H3,(H,24,25). The molecule has 3 nitrogen and oxygen atoms in total. The van der Waals surface area contributed by atoms with Crippen LogP contribution in [-0.4, -0.2) is 18.1 Å². The van der Waals surface area contributed by atoms with Crippen molar-refractivity contribution in [3.63, 3.8) is 0 Å². The van der Waals surface area contributed by atoms with Crippen molar-refractivity contribution in [2.45, 2.75) is 38.8 Å². The average molecular weight is 347 g/mol. The van der Waals surface area contributed by atoms with E-state index in [0.29, 0.717) is 0 Å². The highest BCUT2D eigenvalue weighted by Crippen LogP contribution is 2.26. The predicted molar refractivity (Wildman–Crippen MR) is 106 cm³/mol. The van der Waals surface area contributed by atoms with E-state index in [-0.39, 0.29) is 11.9 Å². The largest absolute Gasteiger partial charge is 0.480 e. The number of ether oxygens (including phenoxy) is 1. The number of carbonyl (C=O) groups is 1. The number of amides is 1. The van der Waals surface area contributed by atoms with Crippen molar-refractivity contribution in [3.8, 4) is 5.75 Å². The molecule has 1 amide bonds. The molecular formula is C23H25NO2. The molecule has 2 atom stereocenters. The van der Waals surface area contributed by atoms with E-state index in [4.69, 9.17) is 4.74 Å². The second kappa shape index (κ2) is 8.52. The van der Waals surface area contributed by atoms with Gasteiger partial charge < -0.3 is 10.1 Å². The molecule has 0 bridgehead atoms. The lowest BCUT2D eigenvalue weighted by molar-refractivity contribution is -0.127. The molecule has 0 aliphatic carbocycles. The van der Waals surface area contributed by atoms with Gasteiger partial charge in [0, 0.05) is 11.4 Å². The zero-order chi connectivity index (χ0) is 18.4. The zero-order valence-electron chi connectivity index (χ0n) is 15.3. The molecule has 0 spiro atoms. The van der Waals surface area contributed by atoms with Crippen LogP contribution in [-0.2, 0) is 11.2 Å². The number of nitrogens with one attached hydrogen (secondary N) is 1. The zero-order valence-corrected chi connectivity index (χ0v) is 15.3. The van der Waals surface area contributed by atoms with E-state index in [9.17, 15) is 4.79 Å². The van der Waals surface area contributed by atoms with Gasteiger partial charge in [-0.2, -0.15) is 0 Å². The van der Waals surface area contributed by atoms with Crippen LogP contribution in [0.2, 0.25) is 0 Å². The first-order chi connectivity index (χ1) is 12.6. The lowest BCUT2D eigenvalue weighted by Gasteiger charge is -2.19. The van der Waals surface area contributed by atoms with Gasteiger partial charge in [-0.25, -0.2) is 0 Å². The molecule has 0 radical (unpaired) electrons. The van der Waals surface area contributed by atoms with Crippen LogP contribution in [0.3, 0.4) is 0 Å². The van der Waals surface area contributed by atoms with Crippen molar-refractivity contribution >= 4 is 16.7 Å². The Balaban J connectivity index is 1.55. The highest BCUT2D eigenvalue weighted by Gasteiger charge is 2.17. The highest BCUT2D eigenvalue weighted by atomic mass is 16.5. The van der Waals surface area contributed by atoms with E-state index in [2.05, 4.69) is 17.4 Å². The number of aryl methyl sites for hydroxylation is 1. The molecule has 3 aromatic rings. The summed E-state index contributed by atoms with van der Waals surface area (Å²) in [4.78, 5) is 12.5. The smallest absolute Gasteiger partial charge is 0.260 e. The molecule has 0 fully saturated rings. The number of hydrogen-bond acceptors (Lipinski definition) is 2. The number of benzene rings is 3. The van der Waals surface area contributed by atoms with Gasteiger partial charge in [-0.05, 0) is 43.7 Å². The minimum absolute atomic E-state index is 0.0847. The Morgan fingerprint density at radius 1 is 0.923 bits per heavy atom. The van der Waals surface area contributed by atoms with Gasteiger partial charge in [0.1, 0.15) is 5.75 Å². The number of rotatable bonds is 7. The van der Waals surface area contributed by atoms with Crippen molar-refractivity contribution in [2.75, 3.05) is 0 Å². The third kappa shape index (κ3) is 4.63. The first-order valence-corrected chi connectivity index (χ1v) is 9.12. The van der Waals surface area contributed by atoms with Gasteiger partial charge >= 0.3 is 0 Å². The van der Waals surface area contributed by atoms with E-state index >= 15 is 0 Å². The summed E-state index contributed by atoms with van der Waals surface area (Å²) >= 11 is 0. The van der Waals surface area contributed by atoms with E-state index in [0.717, 1.165) is 29.4 Å². The summed E-state index contributed by atoms with van der Waals surface area (Å²) in [5, 5.41) is 5.18. The van der Waals surface area contributed by atoms with Crippen molar-refractivity contribution in [1.82, 2.24) is 5.32 Å². The summed E-state index contributed by atoms with van der Waals surface area (Å²) < 4.78 is 5.94. The molecule has 0 heterocycles. The quantitative estimate of drug-likeness (QED) is 0.670. The van der Waals surface area contributed by atoms with E-state index in [1.54, 1.807) is 6.92 Å². The van der Waals surface area contributed by atoms with Crippen molar-refractivity contribution in [3.05, 3.63) is 78.4 Å². The fraction of sp³-hybridized carbons (Fsp3) is 0.261. The van der Waals surface area contributed by atoms with E-state index < -0.39 is 6.10 Å². The van der Waals surface area contributed by atoms with Crippen LogP contribution < -0.4 is 10.1 Å². The molecule has 3 rings (SSSR count). The second-order valence-electron chi connectivity index (χ2n) is 6.67. The Morgan fingerprint density at radius 2 is 1.62 bits per heavy atom. The number of fused-ring (bicyclic) bond motifs is 1. The fourth-order valence-corrected chi connectivity index (χ4v) is 3.00. The van der Waals surface area contributed by atoms with Crippen LogP contribution >= 0.6 is 0 Å². The molecule has 0 saturated carbocycles. The molecule has 0 aromatic heterocycles. The van der Waals surface area contributed by atoms with Crippen molar-refractivity contribution < 1.29 is 9.53 Å². The second-order valence-corrected chi connectivity index (χ2v) is 6.67.